The second-order valence-electron chi connectivity index (χ2n) is 10.2. The number of azide groups is 1. The SMILES string of the molecule is CC(C)(C)CCNNC(=O)[C@]1(Cc2ccccc2CN=[N+]=[N-])COC(c2ccc(OCCCO)cc2)=N1. The predicted octanol–water partition coefficient (Wildman–Crippen LogP) is 4.07. The molecule has 1 aliphatic rings. The molecule has 0 unspecified atom stereocenters. The molecule has 1 heterocycles. The predicted molar refractivity (Wildman–Crippen MR) is 142 cm³/mol. The Labute approximate surface area is 217 Å². The van der Waals surface area contributed by atoms with E-state index in [1.807, 2.05) is 48.5 Å². The molecule has 2 aromatic carbocycles. The van der Waals surface area contributed by atoms with Crippen LogP contribution in [0.2, 0.25) is 0 Å². The Hall–Kier alpha value is -3.59. The fourth-order valence-corrected chi connectivity index (χ4v) is 3.83. The van der Waals surface area contributed by atoms with Crippen LogP contribution < -0.4 is 15.6 Å². The number of aliphatic imine (C=N–C) groups is 1. The number of hydrogen-bond donors (Lipinski definition) is 3. The molecule has 0 saturated heterocycles. The van der Waals surface area contributed by atoms with E-state index in [1.165, 1.54) is 0 Å². The highest BCUT2D eigenvalue weighted by Crippen LogP contribution is 2.29. The van der Waals surface area contributed by atoms with Crippen LogP contribution in [0.25, 0.3) is 10.4 Å². The molecule has 0 bridgehead atoms. The molecule has 3 N–H and O–H groups in total. The third kappa shape index (κ3) is 8.21. The van der Waals surface area contributed by atoms with Crippen molar-refractivity contribution in [3.63, 3.8) is 0 Å². The van der Waals surface area contributed by atoms with Crippen LogP contribution in [-0.4, -0.2) is 48.8 Å². The lowest BCUT2D eigenvalue weighted by Crippen LogP contribution is -2.53. The molecular formula is C27H36N6O4. The van der Waals surface area contributed by atoms with E-state index in [-0.39, 0.29) is 37.5 Å². The molecule has 0 aromatic heterocycles. The fraction of sp³-hybridized carbons (Fsp3) is 0.481. The fourth-order valence-electron chi connectivity index (χ4n) is 3.83. The van der Waals surface area contributed by atoms with Crippen LogP contribution in [0.1, 0.15) is 50.3 Å². The monoisotopic (exact) mass is 508 g/mol. The van der Waals surface area contributed by atoms with Gasteiger partial charge in [0.15, 0.2) is 5.54 Å². The normalized spacial score (nSPS) is 16.9. The largest absolute Gasteiger partial charge is 0.494 e. The topological polar surface area (TPSA) is 141 Å². The number of rotatable bonds is 13. The van der Waals surface area contributed by atoms with Gasteiger partial charge in [-0.1, -0.05) is 50.2 Å². The number of nitrogens with one attached hydrogen (secondary N) is 2. The van der Waals surface area contributed by atoms with E-state index in [2.05, 4.69) is 41.6 Å². The molecule has 0 radical (unpaired) electrons. The summed E-state index contributed by atoms with van der Waals surface area (Å²) in [6, 6.07) is 14.8. The van der Waals surface area contributed by atoms with Crippen LogP contribution in [0.15, 0.2) is 58.6 Å². The summed E-state index contributed by atoms with van der Waals surface area (Å²) in [7, 11) is 0. The van der Waals surface area contributed by atoms with Crippen molar-refractivity contribution >= 4 is 11.8 Å². The lowest BCUT2D eigenvalue weighted by atomic mass is 9.89. The number of carbonyl (C=O) groups excluding carboxylic acids is 1. The molecule has 37 heavy (non-hydrogen) atoms. The summed E-state index contributed by atoms with van der Waals surface area (Å²) in [4.78, 5) is 21.2. The summed E-state index contributed by atoms with van der Waals surface area (Å²) in [5.74, 6) is 0.757. The summed E-state index contributed by atoms with van der Waals surface area (Å²) in [6.07, 6.45) is 1.72. The maximum atomic E-state index is 13.5. The van der Waals surface area contributed by atoms with E-state index in [1.54, 1.807) is 0 Å². The van der Waals surface area contributed by atoms with Crippen molar-refractivity contribution in [2.24, 2.45) is 15.5 Å². The Morgan fingerprint density at radius 1 is 1.22 bits per heavy atom. The number of aliphatic hydroxyl groups excluding tert-OH is 1. The summed E-state index contributed by atoms with van der Waals surface area (Å²) in [6.45, 7) is 7.80. The Morgan fingerprint density at radius 3 is 2.62 bits per heavy atom. The molecule has 10 nitrogen and oxygen atoms in total. The van der Waals surface area contributed by atoms with Crippen LogP contribution >= 0.6 is 0 Å². The Kier molecular flexibility index (Phi) is 9.91. The van der Waals surface area contributed by atoms with Gasteiger partial charge in [0.2, 0.25) is 5.90 Å². The molecule has 1 aliphatic heterocycles. The molecule has 198 valence electrons. The highest BCUT2D eigenvalue weighted by Gasteiger charge is 2.45. The zero-order chi connectivity index (χ0) is 26.7. The average molecular weight is 509 g/mol. The lowest BCUT2D eigenvalue weighted by molar-refractivity contribution is -0.127. The first kappa shape index (κ1) is 28.0. The van der Waals surface area contributed by atoms with Crippen molar-refractivity contribution in [2.45, 2.75) is 52.1 Å². The molecule has 1 amide bonds. The highest BCUT2D eigenvalue weighted by atomic mass is 16.5. The first-order valence-corrected chi connectivity index (χ1v) is 12.4. The third-order valence-corrected chi connectivity index (χ3v) is 5.97. The van der Waals surface area contributed by atoms with E-state index in [9.17, 15) is 4.79 Å². The van der Waals surface area contributed by atoms with Crippen LogP contribution in [0.5, 0.6) is 5.75 Å². The number of hydrazine groups is 1. The Balaban J connectivity index is 1.84. The van der Waals surface area contributed by atoms with Gasteiger partial charge in [0.05, 0.1) is 13.2 Å². The summed E-state index contributed by atoms with van der Waals surface area (Å²) < 4.78 is 11.6. The van der Waals surface area contributed by atoms with Crippen LogP contribution in [0.3, 0.4) is 0 Å². The Bertz CT molecular complexity index is 1120. The highest BCUT2D eigenvalue weighted by molar-refractivity contribution is 6.00. The average Bonchev–Trinajstić information content (AvgIpc) is 3.31. The van der Waals surface area contributed by atoms with Crippen molar-refractivity contribution in [3.8, 4) is 5.75 Å². The quantitative estimate of drug-likeness (QED) is 0.123. The van der Waals surface area contributed by atoms with Gasteiger partial charge in [0, 0.05) is 36.5 Å². The van der Waals surface area contributed by atoms with Crippen molar-refractivity contribution in [1.29, 1.82) is 0 Å². The smallest absolute Gasteiger partial charge is 0.266 e. The maximum absolute atomic E-state index is 13.5. The van der Waals surface area contributed by atoms with E-state index in [0.29, 0.717) is 31.2 Å². The molecular weight excluding hydrogens is 472 g/mol. The minimum absolute atomic E-state index is 0.0692. The Morgan fingerprint density at radius 2 is 1.95 bits per heavy atom. The minimum atomic E-state index is -1.20. The van der Waals surface area contributed by atoms with E-state index >= 15 is 0 Å². The van der Waals surface area contributed by atoms with E-state index in [4.69, 9.17) is 25.1 Å². The van der Waals surface area contributed by atoms with Gasteiger partial charge >= 0.3 is 0 Å². The van der Waals surface area contributed by atoms with Gasteiger partial charge < -0.3 is 14.6 Å². The van der Waals surface area contributed by atoms with Crippen LogP contribution in [0, 0.1) is 5.41 Å². The molecule has 0 aliphatic carbocycles. The van der Waals surface area contributed by atoms with Crippen LogP contribution in [-0.2, 0) is 22.5 Å². The molecule has 2 aromatic rings. The van der Waals surface area contributed by atoms with Gasteiger partial charge in [-0.15, -0.1) is 0 Å². The first-order chi connectivity index (χ1) is 17.8. The van der Waals surface area contributed by atoms with Gasteiger partial charge in [-0.05, 0) is 52.8 Å². The number of amides is 1. The van der Waals surface area contributed by atoms with E-state index in [0.717, 1.165) is 23.1 Å². The van der Waals surface area contributed by atoms with Crippen molar-refractivity contribution in [3.05, 3.63) is 75.7 Å². The molecule has 10 heteroatoms. The lowest BCUT2D eigenvalue weighted by Gasteiger charge is -2.25. The number of benzene rings is 2. The zero-order valence-electron chi connectivity index (χ0n) is 21.7. The molecule has 1 atom stereocenters. The van der Waals surface area contributed by atoms with Gasteiger partial charge in [-0.3, -0.25) is 10.2 Å². The maximum Gasteiger partial charge on any atom is 0.266 e. The second-order valence-corrected chi connectivity index (χ2v) is 10.2. The van der Waals surface area contributed by atoms with Gasteiger partial charge in [-0.2, -0.15) is 0 Å². The molecule has 0 fully saturated rings. The summed E-state index contributed by atoms with van der Waals surface area (Å²) >= 11 is 0. The van der Waals surface area contributed by atoms with E-state index < -0.39 is 5.54 Å². The van der Waals surface area contributed by atoms with Crippen molar-refractivity contribution in [2.75, 3.05) is 26.4 Å². The molecule has 0 spiro atoms. The zero-order valence-corrected chi connectivity index (χ0v) is 21.7. The molecule has 0 saturated carbocycles. The number of nitrogens with zero attached hydrogens (tertiary/aromatic N) is 4. The van der Waals surface area contributed by atoms with Crippen molar-refractivity contribution in [1.82, 2.24) is 10.9 Å². The van der Waals surface area contributed by atoms with Crippen molar-refractivity contribution < 1.29 is 19.4 Å². The first-order valence-electron chi connectivity index (χ1n) is 12.4. The number of aliphatic hydroxyl groups is 1. The third-order valence-electron chi connectivity index (χ3n) is 5.97. The number of hydrogen-bond acceptors (Lipinski definition) is 7. The number of carbonyl (C=O) groups is 1. The van der Waals surface area contributed by atoms with Gasteiger partial charge in [0.25, 0.3) is 5.91 Å². The van der Waals surface area contributed by atoms with Gasteiger partial charge in [-0.25, -0.2) is 10.4 Å². The minimum Gasteiger partial charge on any atom is -0.494 e. The molecule has 3 rings (SSSR count). The summed E-state index contributed by atoms with van der Waals surface area (Å²) in [5, 5.41) is 12.6. The van der Waals surface area contributed by atoms with Gasteiger partial charge in [0.1, 0.15) is 12.4 Å². The summed E-state index contributed by atoms with van der Waals surface area (Å²) in [5.41, 5.74) is 16.0. The van der Waals surface area contributed by atoms with Crippen LogP contribution in [0.4, 0.5) is 0 Å². The second kappa shape index (κ2) is 13.1. The standard InChI is InChI=1S/C27H36N6O4/c1-26(2,3)13-14-29-32-25(35)27(17-21-7-4-5-8-22(21)18-30-33-28)19-37-24(31-27)20-9-11-23(12-10-20)36-16-6-15-34/h4-5,7-12,29,34H,6,13-19H2,1-3H3,(H,32,35)/t27-/m0/s1. The number of ether oxygens (including phenoxy) is 2.